The van der Waals surface area contributed by atoms with Crippen LogP contribution in [0, 0.1) is 0 Å². The van der Waals surface area contributed by atoms with E-state index in [1.54, 1.807) is 13.0 Å². The molecule has 0 aliphatic rings. The fourth-order valence-electron chi connectivity index (χ4n) is 3.15. The molecule has 2 N–H and O–H groups in total. The van der Waals surface area contributed by atoms with Crippen molar-refractivity contribution < 1.29 is 29.3 Å². The molecule has 1 atom stereocenters. The van der Waals surface area contributed by atoms with Gasteiger partial charge in [0, 0.05) is 0 Å². The van der Waals surface area contributed by atoms with Gasteiger partial charge in [0.15, 0.2) is 0 Å². The van der Waals surface area contributed by atoms with Gasteiger partial charge in [-0.1, -0.05) is 36.4 Å². The molecule has 0 radical (unpaired) electrons. The molecule has 0 saturated carbocycles. The lowest BCUT2D eigenvalue weighted by atomic mass is 9.97. The van der Waals surface area contributed by atoms with Crippen molar-refractivity contribution in [2.24, 2.45) is 0 Å². The lowest BCUT2D eigenvalue weighted by Gasteiger charge is -2.14. The van der Waals surface area contributed by atoms with E-state index >= 15 is 0 Å². The quantitative estimate of drug-likeness (QED) is 0.472. The van der Waals surface area contributed by atoms with Gasteiger partial charge >= 0.3 is 11.9 Å². The third kappa shape index (κ3) is 5.93. The van der Waals surface area contributed by atoms with Crippen LogP contribution in [0.1, 0.15) is 51.3 Å². The summed E-state index contributed by atoms with van der Waals surface area (Å²) < 4.78 is 10.7. The van der Waals surface area contributed by atoms with Gasteiger partial charge < -0.3 is 19.7 Å². The summed E-state index contributed by atoms with van der Waals surface area (Å²) in [5, 5.41) is 20.0. The average Bonchev–Trinajstić information content (AvgIpc) is 2.79. The number of carbonyl (C=O) groups is 2. The number of hydrogen-bond acceptors (Lipinski definition) is 5. The number of carboxylic acids is 1. The molecule has 0 amide bonds. The van der Waals surface area contributed by atoms with Crippen LogP contribution in [0.15, 0.2) is 72.8 Å². The number of carboxylic acid groups (broad SMARTS) is 1. The van der Waals surface area contributed by atoms with Crippen LogP contribution in [-0.2, 0) is 11.2 Å². The summed E-state index contributed by atoms with van der Waals surface area (Å²) in [6, 6.07) is 21.3. The first-order chi connectivity index (χ1) is 15.0. The maximum Gasteiger partial charge on any atom is 0.338 e. The number of benzene rings is 3. The molecule has 3 aromatic rings. The monoisotopic (exact) mass is 420 g/mol. The topological polar surface area (TPSA) is 93.1 Å². The highest BCUT2D eigenvalue weighted by Crippen LogP contribution is 2.25. The van der Waals surface area contributed by atoms with E-state index in [4.69, 9.17) is 9.47 Å². The minimum atomic E-state index is -1.24. The van der Waals surface area contributed by atoms with Crippen LogP contribution >= 0.6 is 0 Å². The summed E-state index contributed by atoms with van der Waals surface area (Å²) >= 11 is 0. The second kappa shape index (κ2) is 10.4. The van der Waals surface area contributed by atoms with Crippen molar-refractivity contribution in [3.8, 4) is 11.5 Å². The zero-order valence-electron chi connectivity index (χ0n) is 17.2. The minimum absolute atomic E-state index is 0.0284. The fraction of sp³-hybridized carbons (Fsp3) is 0.200. The summed E-state index contributed by atoms with van der Waals surface area (Å²) in [7, 11) is 0. The first-order valence-electron chi connectivity index (χ1n) is 10.0. The molecule has 1 unspecified atom stereocenters. The summed E-state index contributed by atoms with van der Waals surface area (Å²) in [5.74, 6) is -0.466. The summed E-state index contributed by atoms with van der Waals surface area (Å²) in [6.45, 7) is 1.80. The Morgan fingerprint density at radius 3 is 2.23 bits per heavy atom. The van der Waals surface area contributed by atoms with Crippen LogP contribution in [0.3, 0.4) is 0 Å². The zero-order valence-corrected chi connectivity index (χ0v) is 17.2. The number of carbonyl (C=O) groups excluding carboxylic acids is 1. The Bertz CT molecular complexity index is 1030. The maximum absolute atomic E-state index is 11.9. The SMILES string of the molecule is CCOC(=O)c1ccc(C(O)CCc2ccc(Oc3ccccc3)cc2)cc1C(=O)O. The van der Waals surface area contributed by atoms with E-state index in [2.05, 4.69) is 0 Å². The van der Waals surface area contributed by atoms with Crippen LogP contribution < -0.4 is 4.74 Å². The molecule has 0 aliphatic carbocycles. The van der Waals surface area contributed by atoms with E-state index < -0.39 is 18.0 Å². The van der Waals surface area contributed by atoms with Crippen molar-refractivity contribution in [1.82, 2.24) is 0 Å². The van der Waals surface area contributed by atoms with Gasteiger partial charge in [-0.2, -0.15) is 0 Å². The van der Waals surface area contributed by atoms with Crippen molar-refractivity contribution in [1.29, 1.82) is 0 Å². The number of aromatic carboxylic acids is 1. The molecule has 6 nitrogen and oxygen atoms in total. The maximum atomic E-state index is 11.9. The van der Waals surface area contributed by atoms with Crippen molar-refractivity contribution in [2.45, 2.75) is 25.9 Å². The molecule has 0 aromatic heterocycles. The fourth-order valence-corrected chi connectivity index (χ4v) is 3.15. The van der Waals surface area contributed by atoms with Gasteiger partial charge in [-0.3, -0.25) is 0 Å². The second-order valence-electron chi connectivity index (χ2n) is 6.94. The number of aryl methyl sites for hydroxylation is 1. The number of para-hydroxylation sites is 1. The number of hydrogen-bond donors (Lipinski definition) is 2. The average molecular weight is 420 g/mol. The highest BCUT2D eigenvalue weighted by Gasteiger charge is 2.20. The molecule has 0 heterocycles. The van der Waals surface area contributed by atoms with Gasteiger partial charge in [0.25, 0.3) is 0 Å². The molecule has 0 fully saturated rings. The highest BCUT2D eigenvalue weighted by atomic mass is 16.5. The van der Waals surface area contributed by atoms with Crippen LogP contribution in [0.25, 0.3) is 0 Å². The Morgan fingerprint density at radius 1 is 0.903 bits per heavy atom. The molecular weight excluding hydrogens is 396 g/mol. The molecular formula is C25H24O6. The first-order valence-corrected chi connectivity index (χ1v) is 10.0. The predicted octanol–water partition coefficient (Wildman–Crippen LogP) is 5.02. The Hall–Kier alpha value is -3.64. The number of aliphatic hydroxyl groups excluding tert-OH is 1. The standard InChI is InChI=1S/C25H24O6/c1-2-30-25(29)21-14-11-18(16-22(21)24(27)28)23(26)15-10-17-8-12-20(13-9-17)31-19-6-4-3-5-7-19/h3-9,11-14,16,23,26H,2,10,15H2,1H3,(H,27,28). The van der Waals surface area contributed by atoms with Crippen LogP contribution in [0.2, 0.25) is 0 Å². The Morgan fingerprint density at radius 2 is 1.58 bits per heavy atom. The Labute approximate surface area is 180 Å². The summed E-state index contributed by atoms with van der Waals surface area (Å²) in [6.07, 6.45) is 0.125. The molecule has 3 aromatic carbocycles. The molecule has 0 bridgehead atoms. The lowest BCUT2D eigenvalue weighted by Crippen LogP contribution is -2.13. The number of aliphatic hydroxyl groups is 1. The normalized spacial score (nSPS) is 11.5. The number of esters is 1. The van der Waals surface area contributed by atoms with Gasteiger partial charge in [0.05, 0.1) is 23.8 Å². The van der Waals surface area contributed by atoms with Crippen molar-refractivity contribution in [3.05, 3.63) is 95.1 Å². The minimum Gasteiger partial charge on any atom is -0.478 e. The smallest absolute Gasteiger partial charge is 0.338 e. The van der Waals surface area contributed by atoms with Gasteiger partial charge in [0.2, 0.25) is 0 Å². The Kier molecular flexibility index (Phi) is 7.40. The zero-order chi connectivity index (χ0) is 22.2. The molecule has 0 aliphatic heterocycles. The first kappa shape index (κ1) is 22.1. The van der Waals surface area contributed by atoms with E-state index in [0.29, 0.717) is 18.4 Å². The molecule has 160 valence electrons. The van der Waals surface area contributed by atoms with Crippen LogP contribution in [0.5, 0.6) is 11.5 Å². The van der Waals surface area contributed by atoms with E-state index in [0.717, 1.165) is 17.1 Å². The van der Waals surface area contributed by atoms with E-state index in [1.807, 2.05) is 54.6 Å². The van der Waals surface area contributed by atoms with Gasteiger partial charge in [0.1, 0.15) is 11.5 Å². The predicted molar refractivity (Wildman–Crippen MR) is 116 cm³/mol. The molecule has 0 saturated heterocycles. The van der Waals surface area contributed by atoms with Gasteiger partial charge in [-0.05, 0) is 67.3 Å². The van der Waals surface area contributed by atoms with Crippen molar-refractivity contribution in [3.63, 3.8) is 0 Å². The summed E-state index contributed by atoms with van der Waals surface area (Å²) in [5.41, 5.74) is 1.24. The third-order valence-corrected chi connectivity index (χ3v) is 4.76. The molecule has 0 spiro atoms. The molecule has 31 heavy (non-hydrogen) atoms. The highest BCUT2D eigenvalue weighted by molar-refractivity contribution is 6.02. The largest absolute Gasteiger partial charge is 0.478 e. The second-order valence-corrected chi connectivity index (χ2v) is 6.94. The number of ether oxygens (including phenoxy) is 2. The lowest BCUT2D eigenvalue weighted by molar-refractivity contribution is 0.0514. The number of rotatable bonds is 9. The Balaban J connectivity index is 1.63. The van der Waals surface area contributed by atoms with E-state index in [1.165, 1.54) is 12.1 Å². The van der Waals surface area contributed by atoms with Gasteiger partial charge in [-0.15, -0.1) is 0 Å². The third-order valence-electron chi connectivity index (χ3n) is 4.76. The van der Waals surface area contributed by atoms with Crippen molar-refractivity contribution >= 4 is 11.9 Å². The summed E-state index contributed by atoms with van der Waals surface area (Å²) in [4.78, 5) is 23.5. The van der Waals surface area contributed by atoms with Crippen LogP contribution in [0.4, 0.5) is 0 Å². The molecule has 3 rings (SSSR count). The molecule has 6 heteroatoms. The van der Waals surface area contributed by atoms with Crippen LogP contribution in [-0.4, -0.2) is 28.8 Å². The van der Waals surface area contributed by atoms with Crippen molar-refractivity contribution in [2.75, 3.05) is 6.61 Å². The van der Waals surface area contributed by atoms with E-state index in [-0.39, 0.29) is 17.7 Å². The van der Waals surface area contributed by atoms with E-state index in [9.17, 15) is 19.8 Å². The van der Waals surface area contributed by atoms with Gasteiger partial charge in [-0.25, -0.2) is 9.59 Å².